The zero-order valence-corrected chi connectivity index (χ0v) is 9.96. The summed E-state index contributed by atoms with van der Waals surface area (Å²) < 4.78 is 24.7. The van der Waals surface area contributed by atoms with Gasteiger partial charge in [0.25, 0.3) is 0 Å². The fraction of sp³-hybridized carbons (Fsp3) is 0.778. The van der Waals surface area contributed by atoms with Gasteiger partial charge in [-0.15, -0.1) is 0 Å². The number of nitrogens with zero attached hydrogens (tertiary/aromatic N) is 2. The third-order valence-electron chi connectivity index (χ3n) is 2.40. The minimum atomic E-state index is -3.66. The summed E-state index contributed by atoms with van der Waals surface area (Å²) in [6.45, 7) is 2.86. The second-order valence-electron chi connectivity index (χ2n) is 3.79. The van der Waals surface area contributed by atoms with Gasteiger partial charge < -0.3 is 4.90 Å². The highest BCUT2D eigenvalue weighted by Gasteiger charge is 2.26. The molecule has 1 unspecified atom stereocenters. The molecule has 0 aromatic carbocycles. The average molecular weight is 245 g/mol. The van der Waals surface area contributed by atoms with Crippen LogP contribution in [0.2, 0.25) is 0 Å². The lowest BCUT2D eigenvalue weighted by atomic mass is 10.3. The lowest BCUT2D eigenvalue weighted by Gasteiger charge is -2.20. The summed E-state index contributed by atoms with van der Waals surface area (Å²) in [4.78, 5) is 13.4. The Morgan fingerprint density at radius 3 is 2.56 bits per heavy atom. The molecule has 1 rings (SSSR count). The van der Waals surface area contributed by atoms with E-state index in [0.29, 0.717) is 13.1 Å². The molecule has 16 heavy (non-hydrogen) atoms. The van der Waals surface area contributed by atoms with Gasteiger partial charge in [-0.1, -0.05) is 0 Å². The fourth-order valence-corrected chi connectivity index (χ4v) is 2.55. The van der Waals surface area contributed by atoms with Gasteiger partial charge in [0.1, 0.15) is 0 Å². The molecule has 0 bridgehead atoms. The maximum absolute atomic E-state index is 11.7. The van der Waals surface area contributed by atoms with Crippen LogP contribution in [-0.2, 0) is 14.8 Å². The molecular weight excluding hydrogens is 230 g/mol. The fourth-order valence-electron chi connectivity index (χ4n) is 1.66. The zero-order chi connectivity index (χ0) is 12.2. The number of likely N-dealkylation sites (tertiary alicyclic amines) is 1. The van der Waals surface area contributed by atoms with E-state index in [1.807, 2.05) is 0 Å². The highest BCUT2D eigenvalue weighted by atomic mass is 32.2. The molecule has 0 spiro atoms. The third kappa shape index (κ3) is 3.47. The minimum Gasteiger partial charge on any atom is -0.341 e. The number of rotatable bonds is 4. The first kappa shape index (κ1) is 12.9. The van der Waals surface area contributed by atoms with Gasteiger partial charge in [-0.2, -0.15) is 5.26 Å². The van der Waals surface area contributed by atoms with Gasteiger partial charge in [-0.05, 0) is 19.8 Å². The largest absolute Gasteiger partial charge is 0.341 e. The summed E-state index contributed by atoms with van der Waals surface area (Å²) in [6, 6.07) is 0.751. The Morgan fingerprint density at radius 1 is 1.50 bits per heavy atom. The number of nitriles is 1. The Balaban J connectivity index is 2.55. The summed E-state index contributed by atoms with van der Waals surface area (Å²) in [5.74, 6) is -0.844. The van der Waals surface area contributed by atoms with E-state index in [4.69, 9.17) is 5.26 Å². The van der Waals surface area contributed by atoms with Crippen LogP contribution in [-0.4, -0.2) is 44.1 Å². The molecule has 0 radical (unpaired) electrons. The molecule has 0 aromatic heterocycles. The van der Waals surface area contributed by atoms with E-state index >= 15 is 0 Å². The van der Waals surface area contributed by atoms with Crippen molar-refractivity contribution in [2.24, 2.45) is 0 Å². The van der Waals surface area contributed by atoms with Crippen LogP contribution in [0.15, 0.2) is 0 Å². The number of sulfonamides is 1. The van der Waals surface area contributed by atoms with Crippen LogP contribution in [0.25, 0.3) is 0 Å². The zero-order valence-electron chi connectivity index (χ0n) is 9.14. The van der Waals surface area contributed by atoms with E-state index in [0.717, 1.165) is 12.8 Å². The molecule has 1 aliphatic heterocycles. The lowest BCUT2D eigenvalue weighted by Crippen LogP contribution is -2.46. The molecule has 7 heteroatoms. The first-order chi connectivity index (χ1) is 7.46. The monoisotopic (exact) mass is 245 g/mol. The maximum Gasteiger partial charge on any atom is 0.240 e. The van der Waals surface area contributed by atoms with Crippen molar-refractivity contribution < 1.29 is 13.2 Å². The molecular formula is C9H15N3O3S. The molecule has 1 aliphatic rings. The summed E-state index contributed by atoms with van der Waals surface area (Å²) in [5, 5.41) is 8.30. The van der Waals surface area contributed by atoms with Crippen LogP contribution in [0.3, 0.4) is 0 Å². The summed E-state index contributed by atoms with van der Waals surface area (Å²) in [6.07, 6.45) is 1.92. The van der Waals surface area contributed by atoms with E-state index in [1.165, 1.54) is 6.92 Å². The van der Waals surface area contributed by atoms with Gasteiger partial charge in [-0.3, -0.25) is 4.79 Å². The van der Waals surface area contributed by atoms with Crippen LogP contribution in [0.1, 0.15) is 19.8 Å². The van der Waals surface area contributed by atoms with Gasteiger partial charge in [0.05, 0.1) is 12.1 Å². The van der Waals surface area contributed by atoms with E-state index in [2.05, 4.69) is 4.72 Å². The molecule has 1 atom stereocenters. The van der Waals surface area contributed by atoms with Crippen molar-refractivity contribution in [2.45, 2.75) is 25.8 Å². The van der Waals surface area contributed by atoms with Crippen LogP contribution < -0.4 is 4.72 Å². The normalized spacial score (nSPS) is 18.1. The Labute approximate surface area is 95.3 Å². The Hall–Kier alpha value is -1.13. The van der Waals surface area contributed by atoms with Crippen molar-refractivity contribution in [3.63, 3.8) is 0 Å². The summed E-state index contributed by atoms with van der Waals surface area (Å²) in [7, 11) is -3.66. The summed E-state index contributed by atoms with van der Waals surface area (Å²) >= 11 is 0. The number of amides is 1. The predicted molar refractivity (Wildman–Crippen MR) is 57.8 cm³/mol. The van der Waals surface area contributed by atoms with E-state index in [-0.39, 0.29) is 5.91 Å². The molecule has 1 amide bonds. The average Bonchev–Trinajstić information content (AvgIpc) is 2.68. The molecule has 1 saturated heterocycles. The topological polar surface area (TPSA) is 90.3 Å². The number of carbonyl (C=O) groups is 1. The number of hydrogen-bond acceptors (Lipinski definition) is 4. The van der Waals surface area contributed by atoms with Crippen molar-refractivity contribution >= 4 is 15.9 Å². The number of carbonyl (C=O) groups excluding carboxylic acids is 1. The Bertz CT molecular complexity index is 393. The first-order valence-electron chi connectivity index (χ1n) is 5.12. The Kier molecular flexibility index (Phi) is 4.26. The number of nitrogens with one attached hydrogen (secondary N) is 1. The molecule has 1 fully saturated rings. The van der Waals surface area contributed by atoms with Gasteiger partial charge in [0.2, 0.25) is 15.9 Å². The standard InChI is InChI=1S/C9H15N3O3S/c1-8(11-16(14,15)7-4-10)9(13)12-5-2-3-6-12/h8,11H,2-3,5-7H2,1H3. The smallest absolute Gasteiger partial charge is 0.240 e. The quantitative estimate of drug-likeness (QED) is 0.719. The number of hydrogen-bond donors (Lipinski definition) is 1. The molecule has 1 N–H and O–H groups in total. The third-order valence-corrected chi connectivity index (χ3v) is 3.62. The van der Waals surface area contributed by atoms with E-state index < -0.39 is 21.8 Å². The molecule has 0 aliphatic carbocycles. The molecule has 1 heterocycles. The molecule has 90 valence electrons. The summed E-state index contributed by atoms with van der Waals surface area (Å²) in [5.41, 5.74) is 0. The first-order valence-corrected chi connectivity index (χ1v) is 6.77. The maximum atomic E-state index is 11.7. The molecule has 0 aromatic rings. The Morgan fingerprint density at radius 2 is 2.06 bits per heavy atom. The van der Waals surface area contributed by atoms with Crippen LogP contribution in [0.4, 0.5) is 0 Å². The highest BCUT2D eigenvalue weighted by Crippen LogP contribution is 2.09. The predicted octanol–water partition coefficient (Wildman–Crippen LogP) is -0.560. The van der Waals surface area contributed by atoms with Gasteiger partial charge in [-0.25, -0.2) is 13.1 Å². The van der Waals surface area contributed by atoms with Crippen LogP contribution in [0, 0.1) is 11.3 Å². The second-order valence-corrected chi connectivity index (χ2v) is 5.54. The SMILES string of the molecule is CC(NS(=O)(=O)CC#N)C(=O)N1CCCC1. The van der Waals surface area contributed by atoms with E-state index in [9.17, 15) is 13.2 Å². The minimum absolute atomic E-state index is 0.223. The van der Waals surface area contributed by atoms with Crippen molar-refractivity contribution in [3.05, 3.63) is 0 Å². The molecule has 6 nitrogen and oxygen atoms in total. The van der Waals surface area contributed by atoms with Crippen LogP contribution >= 0.6 is 0 Å². The van der Waals surface area contributed by atoms with Crippen LogP contribution in [0.5, 0.6) is 0 Å². The van der Waals surface area contributed by atoms with Crippen molar-refractivity contribution in [3.8, 4) is 6.07 Å². The van der Waals surface area contributed by atoms with Gasteiger partial charge in [0, 0.05) is 13.1 Å². The second kappa shape index (κ2) is 5.27. The van der Waals surface area contributed by atoms with Crippen molar-refractivity contribution in [1.29, 1.82) is 5.26 Å². The highest BCUT2D eigenvalue weighted by molar-refractivity contribution is 7.89. The van der Waals surface area contributed by atoms with Gasteiger partial charge in [0.15, 0.2) is 5.75 Å². The van der Waals surface area contributed by atoms with Crippen molar-refractivity contribution in [2.75, 3.05) is 18.8 Å². The molecule has 0 saturated carbocycles. The van der Waals surface area contributed by atoms with Gasteiger partial charge >= 0.3 is 0 Å². The van der Waals surface area contributed by atoms with E-state index in [1.54, 1.807) is 11.0 Å². The lowest BCUT2D eigenvalue weighted by molar-refractivity contribution is -0.131. The van der Waals surface area contributed by atoms with Crippen molar-refractivity contribution in [1.82, 2.24) is 9.62 Å².